The van der Waals surface area contributed by atoms with E-state index in [0.29, 0.717) is 18.7 Å². The lowest BCUT2D eigenvalue weighted by atomic mass is 10.1. The number of halogens is 1. The van der Waals surface area contributed by atoms with Crippen LogP contribution in [0.5, 0.6) is 0 Å². The van der Waals surface area contributed by atoms with Crippen LogP contribution in [0.3, 0.4) is 0 Å². The fraction of sp³-hybridized carbons (Fsp3) is 0.357. The van der Waals surface area contributed by atoms with Crippen LogP contribution in [0.1, 0.15) is 29.0 Å². The number of nitrogens with zero attached hydrogens (tertiary/aromatic N) is 3. The molecule has 0 saturated carbocycles. The Bertz CT molecular complexity index is 615. The summed E-state index contributed by atoms with van der Waals surface area (Å²) < 4.78 is 20.0. The highest BCUT2D eigenvalue weighted by Crippen LogP contribution is 2.19. The highest BCUT2D eigenvalue weighted by molar-refractivity contribution is 5.91. The standard InChI is InChI=1S/C14H17FN4O2/c1-10(11-5-3-4-6-12(11)15)19-9-13(17-18-19)14(20)16-7-8-21-2/h3-6,9-10H,7-8H2,1-2H3,(H,16,20)/t10-/m1/s1. The van der Waals surface area contributed by atoms with E-state index in [2.05, 4.69) is 15.6 Å². The van der Waals surface area contributed by atoms with Crippen molar-refractivity contribution in [1.29, 1.82) is 0 Å². The van der Waals surface area contributed by atoms with E-state index in [0.717, 1.165) is 0 Å². The Balaban J connectivity index is 2.09. The van der Waals surface area contributed by atoms with E-state index in [-0.39, 0.29) is 23.5 Å². The SMILES string of the molecule is COCCNC(=O)c1cn([C@H](C)c2ccccc2F)nn1. The highest BCUT2D eigenvalue weighted by Gasteiger charge is 2.16. The van der Waals surface area contributed by atoms with Gasteiger partial charge in [0.05, 0.1) is 18.8 Å². The van der Waals surface area contributed by atoms with Crippen molar-refractivity contribution >= 4 is 5.91 Å². The summed E-state index contributed by atoms with van der Waals surface area (Å²) in [7, 11) is 1.55. The zero-order valence-corrected chi connectivity index (χ0v) is 11.9. The molecule has 0 aliphatic rings. The summed E-state index contributed by atoms with van der Waals surface area (Å²) in [6.45, 7) is 2.61. The van der Waals surface area contributed by atoms with Gasteiger partial charge in [0.1, 0.15) is 5.82 Å². The number of aromatic nitrogens is 3. The minimum atomic E-state index is -0.348. The van der Waals surface area contributed by atoms with E-state index >= 15 is 0 Å². The molecule has 1 aromatic heterocycles. The first kappa shape index (κ1) is 15.1. The van der Waals surface area contributed by atoms with Gasteiger partial charge in [-0.3, -0.25) is 4.79 Å². The molecule has 6 nitrogen and oxygen atoms in total. The number of methoxy groups -OCH3 is 1. The Labute approximate surface area is 121 Å². The van der Waals surface area contributed by atoms with E-state index in [1.165, 1.54) is 16.9 Å². The molecule has 7 heteroatoms. The van der Waals surface area contributed by atoms with Crippen LogP contribution >= 0.6 is 0 Å². The Morgan fingerprint density at radius 2 is 2.24 bits per heavy atom. The molecule has 0 aliphatic carbocycles. The zero-order chi connectivity index (χ0) is 15.2. The number of carbonyl (C=O) groups is 1. The van der Waals surface area contributed by atoms with Crippen LogP contribution in [0.4, 0.5) is 4.39 Å². The van der Waals surface area contributed by atoms with E-state index in [1.807, 2.05) is 0 Å². The van der Waals surface area contributed by atoms with Gasteiger partial charge in [0, 0.05) is 19.2 Å². The van der Waals surface area contributed by atoms with Crippen LogP contribution in [0.15, 0.2) is 30.5 Å². The normalized spacial score (nSPS) is 12.1. The molecule has 0 aliphatic heterocycles. The molecule has 1 atom stereocenters. The number of amides is 1. The lowest BCUT2D eigenvalue weighted by molar-refractivity contribution is 0.0932. The van der Waals surface area contributed by atoms with Crippen molar-refractivity contribution < 1.29 is 13.9 Å². The second-order valence-corrected chi connectivity index (χ2v) is 4.53. The van der Waals surface area contributed by atoms with E-state index in [9.17, 15) is 9.18 Å². The molecule has 0 bridgehead atoms. The number of carbonyl (C=O) groups excluding carboxylic acids is 1. The quantitative estimate of drug-likeness (QED) is 0.817. The average Bonchev–Trinajstić information content (AvgIpc) is 2.97. The van der Waals surface area contributed by atoms with Gasteiger partial charge < -0.3 is 10.1 Å². The van der Waals surface area contributed by atoms with Crippen molar-refractivity contribution in [3.8, 4) is 0 Å². The summed E-state index contributed by atoms with van der Waals surface area (Å²) in [6, 6.07) is 6.10. The number of ether oxygens (including phenoxy) is 1. The van der Waals surface area contributed by atoms with E-state index < -0.39 is 0 Å². The van der Waals surface area contributed by atoms with Crippen LogP contribution in [0.2, 0.25) is 0 Å². The molecule has 112 valence electrons. The Hall–Kier alpha value is -2.28. The Morgan fingerprint density at radius 1 is 1.48 bits per heavy atom. The predicted molar refractivity (Wildman–Crippen MR) is 74.4 cm³/mol. The molecular weight excluding hydrogens is 275 g/mol. The van der Waals surface area contributed by atoms with Gasteiger partial charge in [0.25, 0.3) is 5.91 Å². The summed E-state index contributed by atoms with van der Waals surface area (Å²) in [5.41, 5.74) is 0.683. The van der Waals surface area contributed by atoms with Gasteiger partial charge in [-0.25, -0.2) is 9.07 Å². The minimum Gasteiger partial charge on any atom is -0.383 e. The summed E-state index contributed by atoms with van der Waals surface area (Å²) in [6.07, 6.45) is 1.50. The number of rotatable bonds is 6. The van der Waals surface area contributed by atoms with Crippen LogP contribution in [0.25, 0.3) is 0 Å². The molecule has 21 heavy (non-hydrogen) atoms. The maximum absolute atomic E-state index is 13.7. The third kappa shape index (κ3) is 3.63. The largest absolute Gasteiger partial charge is 0.383 e. The molecule has 2 rings (SSSR count). The van der Waals surface area contributed by atoms with Gasteiger partial charge >= 0.3 is 0 Å². The molecule has 1 amide bonds. The number of hydrogen-bond acceptors (Lipinski definition) is 4. The maximum atomic E-state index is 13.7. The summed E-state index contributed by atoms with van der Waals surface area (Å²) in [5, 5.41) is 10.3. The van der Waals surface area contributed by atoms with Crippen LogP contribution in [-0.4, -0.2) is 41.2 Å². The molecule has 0 saturated heterocycles. The third-order valence-corrected chi connectivity index (χ3v) is 3.09. The fourth-order valence-electron chi connectivity index (χ4n) is 1.88. The molecule has 1 aromatic carbocycles. The Kier molecular flexibility index (Phi) is 4.99. The zero-order valence-electron chi connectivity index (χ0n) is 11.9. The van der Waals surface area contributed by atoms with Crippen molar-refractivity contribution in [2.75, 3.05) is 20.3 Å². The number of nitrogens with one attached hydrogen (secondary N) is 1. The van der Waals surface area contributed by atoms with Gasteiger partial charge in [-0.05, 0) is 13.0 Å². The van der Waals surface area contributed by atoms with E-state index in [1.54, 1.807) is 32.2 Å². The van der Waals surface area contributed by atoms with Crippen molar-refractivity contribution in [3.05, 3.63) is 47.5 Å². The summed E-state index contributed by atoms with van der Waals surface area (Å²) >= 11 is 0. The number of benzene rings is 1. The van der Waals surface area contributed by atoms with Crippen molar-refractivity contribution in [2.45, 2.75) is 13.0 Å². The predicted octanol–water partition coefficient (Wildman–Crippen LogP) is 1.40. The van der Waals surface area contributed by atoms with Gasteiger partial charge in [-0.15, -0.1) is 5.10 Å². The van der Waals surface area contributed by atoms with Crippen molar-refractivity contribution in [1.82, 2.24) is 20.3 Å². The van der Waals surface area contributed by atoms with Crippen molar-refractivity contribution in [3.63, 3.8) is 0 Å². The minimum absolute atomic E-state index is 0.189. The average molecular weight is 292 g/mol. The van der Waals surface area contributed by atoms with Gasteiger partial charge in [-0.1, -0.05) is 23.4 Å². The molecule has 0 unspecified atom stereocenters. The van der Waals surface area contributed by atoms with E-state index in [4.69, 9.17) is 4.74 Å². The summed E-state index contributed by atoms with van der Waals surface area (Å²) in [4.78, 5) is 11.8. The van der Waals surface area contributed by atoms with Crippen molar-refractivity contribution in [2.24, 2.45) is 0 Å². The molecular formula is C14H17FN4O2. The first-order valence-corrected chi connectivity index (χ1v) is 6.57. The van der Waals surface area contributed by atoms with Gasteiger partial charge in [0.2, 0.25) is 0 Å². The van der Waals surface area contributed by atoms with Gasteiger partial charge in [0.15, 0.2) is 5.69 Å². The molecule has 0 spiro atoms. The van der Waals surface area contributed by atoms with Crippen LogP contribution in [-0.2, 0) is 4.74 Å². The molecule has 1 N–H and O–H groups in total. The monoisotopic (exact) mass is 292 g/mol. The maximum Gasteiger partial charge on any atom is 0.273 e. The topological polar surface area (TPSA) is 69.0 Å². The lowest BCUT2D eigenvalue weighted by Gasteiger charge is -2.12. The number of hydrogen-bond donors (Lipinski definition) is 1. The second-order valence-electron chi connectivity index (χ2n) is 4.53. The highest BCUT2D eigenvalue weighted by atomic mass is 19.1. The molecule has 0 radical (unpaired) electrons. The fourth-order valence-corrected chi connectivity index (χ4v) is 1.88. The van der Waals surface area contributed by atoms with Crippen LogP contribution < -0.4 is 5.32 Å². The van der Waals surface area contributed by atoms with Gasteiger partial charge in [-0.2, -0.15) is 0 Å². The smallest absolute Gasteiger partial charge is 0.273 e. The third-order valence-electron chi connectivity index (χ3n) is 3.09. The summed E-state index contributed by atoms with van der Waals surface area (Å²) in [5.74, 6) is -0.648. The Morgan fingerprint density at radius 3 is 2.95 bits per heavy atom. The van der Waals surface area contributed by atoms with Crippen LogP contribution in [0, 0.1) is 5.82 Å². The first-order chi connectivity index (χ1) is 10.1. The lowest BCUT2D eigenvalue weighted by Crippen LogP contribution is -2.27. The molecule has 2 aromatic rings. The second kappa shape index (κ2) is 6.94. The first-order valence-electron chi connectivity index (χ1n) is 6.57. The molecule has 0 fully saturated rings. The molecule has 1 heterocycles.